The summed E-state index contributed by atoms with van der Waals surface area (Å²) in [6.07, 6.45) is 2.88. The lowest BCUT2D eigenvalue weighted by Crippen LogP contribution is -2.18. The number of anilines is 2. The van der Waals surface area contributed by atoms with Gasteiger partial charge in [-0.1, -0.05) is 12.1 Å². The van der Waals surface area contributed by atoms with Gasteiger partial charge in [-0.25, -0.2) is 0 Å². The Kier molecular flexibility index (Phi) is 3.83. The maximum absolute atomic E-state index is 5.81. The molecule has 20 heavy (non-hydrogen) atoms. The zero-order chi connectivity index (χ0) is 13.8. The fourth-order valence-electron chi connectivity index (χ4n) is 2.51. The summed E-state index contributed by atoms with van der Waals surface area (Å²) in [5.74, 6) is 0.956. The van der Waals surface area contributed by atoms with Gasteiger partial charge < -0.3 is 15.0 Å². The average Bonchev–Trinajstić information content (AvgIpc) is 2.70. The lowest BCUT2D eigenvalue weighted by atomic mass is 10.2. The normalized spacial score (nSPS) is 14.3. The predicted octanol–water partition coefficient (Wildman–Crippen LogP) is 2.72. The van der Waals surface area contributed by atoms with Crippen LogP contribution in [0.25, 0.3) is 0 Å². The quantitative estimate of drug-likeness (QED) is 0.929. The second-order valence-corrected chi connectivity index (χ2v) is 4.86. The monoisotopic (exact) mass is 269 g/mol. The molecule has 4 nitrogen and oxygen atoms in total. The van der Waals surface area contributed by atoms with Gasteiger partial charge in [0.1, 0.15) is 5.75 Å². The molecule has 2 heterocycles. The molecule has 0 fully saturated rings. The highest BCUT2D eigenvalue weighted by atomic mass is 16.5. The van der Waals surface area contributed by atoms with Crippen molar-refractivity contribution in [2.75, 3.05) is 25.1 Å². The second-order valence-electron chi connectivity index (χ2n) is 4.86. The minimum Gasteiger partial charge on any atom is -0.491 e. The average molecular weight is 269 g/mol. The number of ether oxygens (including phenoxy) is 1. The number of nitrogens with one attached hydrogen (secondary N) is 1. The van der Waals surface area contributed by atoms with Gasteiger partial charge in [0, 0.05) is 25.0 Å². The van der Waals surface area contributed by atoms with E-state index >= 15 is 0 Å². The maximum Gasteiger partial charge on any atom is 0.142 e. The Bertz CT molecular complexity index is 585. The predicted molar refractivity (Wildman–Crippen MR) is 80.6 cm³/mol. The molecule has 0 radical (unpaired) electrons. The van der Waals surface area contributed by atoms with E-state index in [-0.39, 0.29) is 0 Å². The first kappa shape index (κ1) is 12.9. The molecule has 4 heteroatoms. The Morgan fingerprint density at radius 1 is 1.30 bits per heavy atom. The SMILES string of the molecule is CNCc1cc(N2CCCOc3ccccc32)ccn1. The third-order valence-electron chi connectivity index (χ3n) is 3.41. The van der Waals surface area contributed by atoms with Crippen molar-refractivity contribution in [1.82, 2.24) is 10.3 Å². The summed E-state index contributed by atoms with van der Waals surface area (Å²) < 4.78 is 5.81. The van der Waals surface area contributed by atoms with Crippen LogP contribution in [0.4, 0.5) is 11.4 Å². The molecule has 0 saturated heterocycles. The highest BCUT2D eigenvalue weighted by Crippen LogP contribution is 2.35. The summed E-state index contributed by atoms with van der Waals surface area (Å²) in [6.45, 7) is 2.50. The summed E-state index contributed by atoms with van der Waals surface area (Å²) in [6, 6.07) is 12.4. The number of rotatable bonds is 3. The zero-order valence-corrected chi connectivity index (χ0v) is 11.7. The number of fused-ring (bicyclic) bond motifs is 1. The van der Waals surface area contributed by atoms with Gasteiger partial charge in [0.25, 0.3) is 0 Å². The van der Waals surface area contributed by atoms with Crippen molar-refractivity contribution in [2.45, 2.75) is 13.0 Å². The highest BCUT2D eigenvalue weighted by Gasteiger charge is 2.17. The van der Waals surface area contributed by atoms with Crippen LogP contribution in [0.5, 0.6) is 5.75 Å². The fourth-order valence-corrected chi connectivity index (χ4v) is 2.51. The lowest BCUT2D eigenvalue weighted by Gasteiger charge is -2.24. The molecular weight excluding hydrogens is 250 g/mol. The molecule has 0 unspecified atom stereocenters. The maximum atomic E-state index is 5.81. The molecule has 1 aliphatic heterocycles. The molecule has 0 atom stereocenters. The van der Waals surface area contributed by atoms with Gasteiger partial charge in [-0.05, 0) is 37.7 Å². The Balaban J connectivity index is 1.98. The van der Waals surface area contributed by atoms with Crippen LogP contribution >= 0.6 is 0 Å². The van der Waals surface area contributed by atoms with Gasteiger partial charge in [0.15, 0.2) is 0 Å². The molecule has 0 spiro atoms. The summed E-state index contributed by atoms with van der Waals surface area (Å²) in [5, 5.41) is 3.14. The Morgan fingerprint density at radius 2 is 2.20 bits per heavy atom. The Morgan fingerprint density at radius 3 is 3.10 bits per heavy atom. The third-order valence-corrected chi connectivity index (χ3v) is 3.41. The van der Waals surface area contributed by atoms with Crippen molar-refractivity contribution in [3.05, 3.63) is 48.3 Å². The summed E-state index contributed by atoms with van der Waals surface area (Å²) >= 11 is 0. The van der Waals surface area contributed by atoms with Crippen LogP contribution in [0.1, 0.15) is 12.1 Å². The zero-order valence-electron chi connectivity index (χ0n) is 11.7. The minimum atomic E-state index is 0.766. The van der Waals surface area contributed by atoms with Crippen molar-refractivity contribution >= 4 is 11.4 Å². The fraction of sp³-hybridized carbons (Fsp3) is 0.312. The standard InChI is InChI=1S/C16H19N3O/c1-17-12-13-11-14(7-8-18-13)19-9-4-10-20-16-6-3-2-5-15(16)19/h2-3,5-8,11,17H,4,9-10,12H2,1H3. The van der Waals surface area contributed by atoms with E-state index in [1.807, 2.05) is 25.4 Å². The number of nitrogens with zero attached hydrogens (tertiary/aromatic N) is 2. The van der Waals surface area contributed by atoms with Crippen LogP contribution in [-0.2, 0) is 6.54 Å². The molecule has 1 aromatic heterocycles. The minimum absolute atomic E-state index is 0.766. The van der Waals surface area contributed by atoms with E-state index in [4.69, 9.17) is 4.74 Å². The van der Waals surface area contributed by atoms with Crippen LogP contribution in [0.15, 0.2) is 42.6 Å². The molecule has 0 saturated carbocycles. The first-order valence-electron chi connectivity index (χ1n) is 6.97. The lowest BCUT2D eigenvalue weighted by molar-refractivity contribution is 0.322. The largest absolute Gasteiger partial charge is 0.491 e. The third kappa shape index (κ3) is 2.60. The topological polar surface area (TPSA) is 37.4 Å². The van der Waals surface area contributed by atoms with Gasteiger partial charge in [-0.3, -0.25) is 4.98 Å². The van der Waals surface area contributed by atoms with E-state index in [9.17, 15) is 0 Å². The van der Waals surface area contributed by atoms with E-state index in [0.29, 0.717) is 0 Å². The molecule has 0 aliphatic carbocycles. The van der Waals surface area contributed by atoms with Gasteiger partial charge in [-0.2, -0.15) is 0 Å². The van der Waals surface area contributed by atoms with Crippen LogP contribution in [0.3, 0.4) is 0 Å². The van der Waals surface area contributed by atoms with Crippen LogP contribution < -0.4 is 15.0 Å². The Hall–Kier alpha value is -2.07. The molecular formula is C16H19N3O. The van der Waals surface area contributed by atoms with Crippen molar-refractivity contribution in [3.8, 4) is 5.75 Å². The highest BCUT2D eigenvalue weighted by molar-refractivity contribution is 5.69. The molecule has 1 N–H and O–H groups in total. The number of aromatic nitrogens is 1. The van der Waals surface area contributed by atoms with Crippen molar-refractivity contribution in [3.63, 3.8) is 0 Å². The van der Waals surface area contributed by atoms with Crippen LogP contribution in [0.2, 0.25) is 0 Å². The van der Waals surface area contributed by atoms with E-state index < -0.39 is 0 Å². The van der Waals surface area contributed by atoms with Gasteiger partial charge in [0.2, 0.25) is 0 Å². The van der Waals surface area contributed by atoms with Crippen molar-refractivity contribution in [1.29, 1.82) is 0 Å². The molecule has 0 amide bonds. The van der Waals surface area contributed by atoms with Gasteiger partial charge in [-0.15, -0.1) is 0 Å². The molecule has 0 bridgehead atoms. The van der Waals surface area contributed by atoms with Gasteiger partial charge in [0.05, 0.1) is 18.0 Å². The summed E-state index contributed by atoms with van der Waals surface area (Å²) in [7, 11) is 1.93. The second kappa shape index (κ2) is 5.92. The van der Waals surface area contributed by atoms with E-state index in [1.54, 1.807) is 0 Å². The first-order valence-corrected chi connectivity index (χ1v) is 6.97. The molecule has 2 aromatic rings. The molecule has 1 aliphatic rings. The number of hydrogen-bond donors (Lipinski definition) is 1. The number of pyridine rings is 1. The number of benzene rings is 1. The van der Waals surface area contributed by atoms with Crippen molar-refractivity contribution in [2.24, 2.45) is 0 Å². The number of para-hydroxylation sites is 2. The molecule has 104 valence electrons. The van der Waals surface area contributed by atoms with E-state index in [0.717, 1.165) is 43.2 Å². The first-order chi connectivity index (χ1) is 9.88. The van der Waals surface area contributed by atoms with E-state index in [2.05, 4.69) is 39.5 Å². The molecule has 1 aromatic carbocycles. The molecule has 3 rings (SSSR count). The number of hydrogen-bond acceptors (Lipinski definition) is 4. The van der Waals surface area contributed by atoms with Crippen LogP contribution in [0, 0.1) is 0 Å². The van der Waals surface area contributed by atoms with E-state index in [1.165, 1.54) is 5.69 Å². The summed E-state index contributed by atoms with van der Waals surface area (Å²) in [5.41, 5.74) is 3.35. The smallest absolute Gasteiger partial charge is 0.142 e. The van der Waals surface area contributed by atoms with Gasteiger partial charge >= 0.3 is 0 Å². The summed E-state index contributed by atoms with van der Waals surface area (Å²) in [4.78, 5) is 6.69. The Labute approximate surface area is 119 Å². The van der Waals surface area contributed by atoms with Crippen LogP contribution in [-0.4, -0.2) is 25.2 Å². The van der Waals surface area contributed by atoms with Crippen molar-refractivity contribution < 1.29 is 4.74 Å².